The van der Waals surface area contributed by atoms with E-state index in [1.54, 1.807) is 11.0 Å². The van der Waals surface area contributed by atoms with Crippen LogP contribution in [0, 0.1) is 11.6 Å². The first-order valence-electron chi connectivity index (χ1n) is 18.1. The van der Waals surface area contributed by atoms with Gasteiger partial charge in [-0.1, -0.05) is 38.8 Å². The fourth-order valence-corrected chi connectivity index (χ4v) is 7.78. The number of fused-ring (bicyclic) bond motifs is 1. The van der Waals surface area contributed by atoms with Gasteiger partial charge in [0.2, 0.25) is 10.0 Å². The fourth-order valence-electron chi connectivity index (χ4n) is 7.29. The minimum Gasteiger partial charge on any atom is -0.390 e. The van der Waals surface area contributed by atoms with Gasteiger partial charge in [0.25, 0.3) is 11.8 Å². The summed E-state index contributed by atoms with van der Waals surface area (Å²) < 4.78 is 95.2. The number of carbonyl (C=O) groups excluding carboxylic acids is 2. The van der Waals surface area contributed by atoms with Crippen molar-refractivity contribution in [3.63, 3.8) is 0 Å². The number of alkyl halides is 3. The Morgan fingerprint density at radius 3 is 2.24 bits per heavy atom. The molecule has 0 bridgehead atoms. The van der Waals surface area contributed by atoms with Gasteiger partial charge in [-0.15, -0.1) is 0 Å². The number of amides is 2. The maximum atomic E-state index is 14.3. The molecule has 1 heterocycles. The van der Waals surface area contributed by atoms with Crippen LogP contribution in [0.15, 0.2) is 54.6 Å². The molecule has 3 aromatic carbocycles. The van der Waals surface area contributed by atoms with Gasteiger partial charge in [0, 0.05) is 48.9 Å². The van der Waals surface area contributed by atoms with Gasteiger partial charge >= 0.3 is 6.18 Å². The van der Waals surface area contributed by atoms with E-state index in [9.17, 15) is 45.1 Å². The zero-order chi connectivity index (χ0) is 39.6. The standard InChI is InChI=1S/C39H47F5N4O5S/c1-5-8-29(9-6-2)48-15-12-31-32(21-30(22-33(31)37(48)51)47(3)54(4,52)53)36(50)46-34(18-24-16-27(40)20-28(41)17-24)35(49)23-45-38(13-14-38)25-10-7-11-26(19-25)39(42,43)44/h7,10-11,16-17,19-22,29,34-35,45,49H,5-6,8-9,12-15,18,23H2,1-4H3,(H,46,50). The van der Waals surface area contributed by atoms with Gasteiger partial charge in [-0.2, -0.15) is 13.2 Å². The summed E-state index contributed by atoms with van der Waals surface area (Å²) in [6, 6.07) is 9.31. The van der Waals surface area contributed by atoms with Crippen LogP contribution in [0.25, 0.3) is 0 Å². The zero-order valence-electron chi connectivity index (χ0n) is 30.8. The molecule has 294 valence electrons. The summed E-state index contributed by atoms with van der Waals surface area (Å²) in [6.07, 6.45) is -0.712. The minimum atomic E-state index is -4.55. The van der Waals surface area contributed by atoms with E-state index in [-0.39, 0.29) is 47.3 Å². The largest absolute Gasteiger partial charge is 0.416 e. The first-order chi connectivity index (χ1) is 25.4. The van der Waals surface area contributed by atoms with Crippen molar-refractivity contribution in [2.24, 2.45) is 0 Å². The Morgan fingerprint density at radius 1 is 1.02 bits per heavy atom. The molecule has 3 N–H and O–H groups in total. The number of nitrogens with zero attached hydrogens (tertiary/aromatic N) is 2. The molecule has 0 radical (unpaired) electrons. The Labute approximate surface area is 313 Å². The van der Waals surface area contributed by atoms with E-state index >= 15 is 0 Å². The Hall–Kier alpha value is -4.08. The Morgan fingerprint density at radius 2 is 1.67 bits per heavy atom. The Kier molecular flexibility index (Phi) is 12.4. The van der Waals surface area contributed by atoms with Crippen LogP contribution >= 0.6 is 0 Å². The normalized spacial score (nSPS) is 16.6. The summed E-state index contributed by atoms with van der Waals surface area (Å²) >= 11 is 0. The molecule has 3 aromatic rings. The SMILES string of the molecule is CCCC(CCC)N1CCc2c(C(=O)NC(Cc3cc(F)cc(F)c3)C(O)CNC3(c4cccc(C(F)(F)F)c4)CC3)cc(N(C)S(C)(=O)=O)cc2C1=O. The van der Waals surface area contributed by atoms with E-state index in [2.05, 4.69) is 10.6 Å². The van der Waals surface area contributed by atoms with Crippen LogP contribution in [-0.4, -0.2) is 74.8 Å². The number of anilines is 1. The van der Waals surface area contributed by atoms with Crippen LogP contribution in [0.4, 0.5) is 27.6 Å². The molecule has 1 aliphatic carbocycles. The minimum absolute atomic E-state index is 0.00624. The molecule has 2 amide bonds. The van der Waals surface area contributed by atoms with E-state index < -0.39 is 57.0 Å². The summed E-state index contributed by atoms with van der Waals surface area (Å²) in [6.45, 7) is 4.17. The molecule has 5 rings (SSSR count). The van der Waals surface area contributed by atoms with Crippen molar-refractivity contribution < 1.29 is 45.1 Å². The molecule has 2 atom stereocenters. The lowest BCUT2D eigenvalue weighted by Crippen LogP contribution is -2.50. The second-order valence-corrected chi connectivity index (χ2v) is 16.4. The molecule has 54 heavy (non-hydrogen) atoms. The second-order valence-electron chi connectivity index (χ2n) is 14.4. The summed E-state index contributed by atoms with van der Waals surface area (Å²) in [5.74, 6) is -2.83. The predicted octanol–water partition coefficient (Wildman–Crippen LogP) is 6.33. The van der Waals surface area contributed by atoms with E-state index in [1.807, 2.05) is 13.8 Å². The second kappa shape index (κ2) is 16.3. The van der Waals surface area contributed by atoms with Crippen molar-refractivity contribution in [1.82, 2.24) is 15.5 Å². The molecule has 0 aromatic heterocycles. The number of carbonyl (C=O) groups is 2. The van der Waals surface area contributed by atoms with Crippen LogP contribution in [0.2, 0.25) is 0 Å². The third-order valence-electron chi connectivity index (χ3n) is 10.4. The van der Waals surface area contributed by atoms with Crippen molar-refractivity contribution in [3.05, 3.63) is 99.6 Å². The Balaban J connectivity index is 1.48. The quantitative estimate of drug-likeness (QED) is 0.147. The van der Waals surface area contributed by atoms with Crippen LogP contribution in [0.1, 0.15) is 95.3 Å². The molecular weight excluding hydrogens is 732 g/mol. The van der Waals surface area contributed by atoms with Crippen molar-refractivity contribution in [2.75, 3.05) is 30.7 Å². The fraction of sp³-hybridized carbons (Fsp3) is 0.487. The lowest BCUT2D eigenvalue weighted by molar-refractivity contribution is -0.137. The number of nitrogens with one attached hydrogen (secondary N) is 2. The topological polar surface area (TPSA) is 119 Å². The monoisotopic (exact) mass is 778 g/mol. The highest BCUT2D eigenvalue weighted by Gasteiger charge is 2.45. The van der Waals surface area contributed by atoms with Crippen molar-refractivity contribution >= 4 is 27.5 Å². The summed E-state index contributed by atoms with van der Waals surface area (Å²) in [5, 5.41) is 17.5. The van der Waals surface area contributed by atoms with Crippen LogP contribution < -0.4 is 14.9 Å². The van der Waals surface area contributed by atoms with E-state index in [4.69, 9.17) is 0 Å². The molecule has 2 unspecified atom stereocenters. The zero-order valence-corrected chi connectivity index (χ0v) is 31.6. The van der Waals surface area contributed by atoms with Gasteiger partial charge in [0.1, 0.15) is 11.6 Å². The third-order valence-corrected chi connectivity index (χ3v) is 11.6. The van der Waals surface area contributed by atoms with Crippen LogP contribution in [0.5, 0.6) is 0 Å². The third kappa shape index (κ3) is 9.40. The number of benzene rings is 3. The maximum absolute atomic E-state index is 14.3. The molecule has 15 heteroatoms. The van der Waals surface area contributed by atoms with Crippen molar-refractivity contribution in [1.29, 1.82) is 0 Å². The van der Waals surface area contributed by atoms with Crippen molar-refractivity contribution in [3.8, 4) is 0 Å². The van der Waals surface area contributed by atoms with Gasteiger partial charge in [0.05, 0.1) is 29.7 Å². The first kappa shape index (κ1) is 41.1. The first-order valence-corrected chi connectivity index (χ1v) is 20.0. The molecule has 1 aliphatic heterocycles. The molecule has 9 nitrogen and oxygen atoms in total. The smallest absolute Gasteiger partial charge is 0.390 e. The highest BCUT2D eigenvalue weighted by Crippen LogP contribution is 2.46. The number of aliphatic hydroxyl groups is 1. The molecular formula is C39H47F5N4O5S. The average Bonchev–Trinajstić information content (AvgIpc) is 3.90. The summed E-state index contributed by atoms with van der Waals surface area (Å²) in [7, 11) is -2.53. The number of hydrogen-bond acceptors (Lipinski definition) is 6. The van der Waals surface area contributed by atoms with E-state index in [0.29, 0.717) is 43.0 Å². The van der Waals surface area contributed by atoms with Crippen LogP contribution in [0.3, 0.4) is 0 Å². The van der Waals surface area contributed by atoms with Gasteiger partial charge < -0.3 is 20.6 Å². The molecule has 0 spiro atoms. The number of rotatable bonds is 16. The molecule has 2 aliphatic rings. The number of aliphatic hydroxyl groups excluding tert-OH is 1. The summed E-state index contributed by atoms with van der Waals surface area (Å²) in [5.41, 5.74) is -0.511. The number of sulfonamides is 1. The molecule has 0 saturated heterocycles. The Bertz CT molecular complexity index is 1940. The van der Waals surface area contributed by atoms with Gasteiger partial charge in [-0.3, -0.25) is 13.9 Å². The van der Waals surface area contributed by atoms with Crippen molar-refractivity contribution in [2.45, 2.75) is 95.1 Å². The average molecular weight is 779 g/mol. The molecule has 1 saturated carbocycles. The van der Waals surface area contributed by atoms with E-state index in [0.717, 1.165) is 60.5 Å². The maximum Gasteiger partial charge on any atom is 0.416 e. The lowest BCUT2D eigenvalue weighted by atomic mass is 9.90. The van der Waals surface area contributed by atoms with Crippen LogP contribution in [-0.2, 0) is 34.6 Å². The summed E-state index contributed by atoms with van der Waals surface area (Å²) in [4.78, 5) is 30.1. The van der Waals surface area contributed by atoms with Gasteiger partial charge in [-0.05, 0) is 91.6 Å². The lowest BCUT2D eigenvalue weighted by Gasteiger charge is -2.37. The highest BCUT2D eigenvalue weighted by molar-refractivity contribution is 7.92. The van der Waals surface area contributed by atoms with Gasteiger partial charge in [0.15, 0.2) is 0 Å². The number of halogens is 5. The highest BCUT2D eigenvalue weighted by atomic mass is 32.2. The van der Waals surface area contributed by atoms with E-state index in [1.165, 1.54) is 25.2 Å². The molecule has 1 fully saturated rings. The number of hydrogen-bond donors (Lipinski definition) is 3. The van der Waals surface area contributed by atoms with Gasteiger partial charge in [-0.25, -0.2) is 17.2 Å². The predicted molar refractivity (Wildman–Crippen MR) is 196 cm³/mol.